The van der Waals surface area contributed by atoms with Crippen molar-refractivity contribution in [2.45, 2.75) is 32.7 Å². The number of hydrogen-bond acceptors (Lipinski definition) is 4. The molecule has 1 atom stereocenters. The number of pyridine rings is 2. The smallest absolute Gasteiger partial charge is 0.255 e. The van der Waals surface area contributed by atoms with E-state index in [1.54, 1.807) is 17.1 Å². The van der Waals surface area contributed by atoms with Gasteiger partial charge < -0.3 is 4.90 Å². The first-order valence-corrected chi connectivity index (χ1v) is 8.85. The van der Waals surface area contributed by atoms with Gasteiger partial charge in [0.15, 0.2) is 5.82 Å². The average molecular weight is 347 g/mol. The summed E-state index contributed by atoms with van der Waals surface area (Å²) in [6, 6.07) is 11.6. The number of nitrogens with zero attached hydrogens (tertiary/aromatic N) is 5. The predicted molar refractivity (Wildman–Crippen MR) is 98.1 cm³/mol. The minimum absolute atomic E-state index is 0.00516. The number of likely N-dealkylation sites (tertiary alicyclic amines) is 1. The Morgan fingerprint density at radius 3 is 2.69 bits per heavy atom. The number of rotatable bonds is 3. The molecule has 4 heterocycles. The lowest BCUT2D eigenvalue weighted by Gasteiger charge is -2.24. The third kappa shape index (κ3) is 2.98. The van der Waals surface area contributed by atoms with Crippen LogP contribution in [0.1, 0.15) is 46.3 Å². The molecule has 0 radical (unpaired) electrons. The van der Waals surface area contributed by atoms with E-state index in [0.29, 0.717) is 5.56 Å². The minimum Gasteiger partial charge on any atom is -0.330 e. The molecule has 0 spiro atoms. The third-order valence-electron chi connectivity index (χ3n) is 4.76. The van der Waals surface area contributed by atoms with Crippen molar-refractivity contribution in [3.63, 3.8) is 0 Å². The fraction of sp³-hybridized carbons (Fsp3) is 0.300. The van der Waals surface area contributed by atoms with Gasteiger partial charge in [-0.1, -0.05) is 6.07 Å². The number of aryl methyl sites for hydroxylation is 2. The zero-order valence-corrected chi connectivity index (χ0v) is 15.0. The molecule has 0 saturated carbocycles. The molecule has 1 unspecified atom stereocenters. The number of aromatic nitrogens is 4. The van der Waals surface area contributed by atoms with Crippen LogP contribution in [0, 0.1) is 13.8 Å². The van der Waals surface area contributed by atoms with E-state index in [9.17, 15) is 4.79 Å². The van der Waals surface area contributed by atoms with Gasteiger partial charge in [-0.2, -0.15) is 5.10 Å². The Bertz CT molecular complexity index is 917. The van der Waals surface area contributed by atoms with Gasteiger partial charge in [-0.15, -0.1) is 0 Å². The van der Waals surface area contributed by atoms with Crippen LogP contribution in [0.15, 0.2) is 48.8 Å². The maximum Gasteiger partial charge on any atom is 0.255 e. The van der Waals surface area contributed by atoms with Crippen LogP contribution in [0.4, 0.5) is 0 Å². The quantitative estimate of drug-likeness (QED) is 0.729. The van der Waals surface area contributed by atoms with Gasteiger partial charge in [-0.25, -0.2) is 9.67 Å². The number of carbonyl (C=O) groups excluding carboxylic acids is 1. The Balaban J connectivity index is 1.57. The lowest BCUT2D eigenvalue weighted by Crippen LogP contribution is -2.31. The van der Waals surface area contributed by atoms with E-state index in [-0.39, 0.29) is 11.9 Å². The summed E-state index contributed by atoms with van der Waals surface area (Å²) in [7, 11) is 0. The Morgan fingerprint density at radius 1 is 1.15 bits per heavy atom. The highest BCUT2D eigenvalue weighted by Crippen LogP contribution is 2.31. The van der Waals surface area contributed by atoms with Crippen LogP contribution in [0.2, 0.25) is 0 Å². The zero-order chi connectivity index (χ0) is 18.1. The Kier molecular flexibility index (Phi) is 4.24. The van der Waals surface area contributed by atoms with Gasteiger partial charge >= 0.3 is 0 Å². The Hall–Kier alpha value is -3.02. The number of carbonyl (C=O) groups is 1. The molecule has 1 aliphatic heterocycles. The van der Waals surface area contributed by atoms with Gasteiger partial charge in [0, 0.05) is 24.6 Å². The zero-order valence-electron chi connectivity index (χ0n) is 15.0. The lowest BCUT2D eigenvalue weighted by atomic mass is 10.1. The van der Waals surface area contributed by atoms with Gasteiger partial charge in [0.05, 0.1) is 23.0 Å². The predicted octanol–water partition coefficient (Wildman–Crippen LogP) is 3.26. The lowest BCUT2D eigenvalue weighted by molar-refractivity contribution is 0.0732. The van der Waals surface area contributed by atoms with Gasteiger partial charge in [-0.3, -0.25) is 9.78 Å². The second-order valence-corrected chi connectivity index (χ2v) is 6.66. The Morgan fingerprint density at radius 2 is 2.04 bits per heavy atom. The largest absolute Gasteiger partial charge is 0.330 e. The van der Waals surface area contributed by atoms with Crippen molar-refractivity contribution in [2.24, 2.45) is 0 Å². The molecule has 1 aliphatic rings. The van der Waals surface area contributed by atoms with E-state index >= 15 is 0 Å². The fourth-order valence-electron chi connectivity index (χ4n) is 3.55. The van der Waals surface area contributed by atoms with E-state index in [0.717, 1.165) is 42.3 Å². The van der Waals surface area contributed by atoms with Crippen LogP contribution in [0.5, 0.6) is 0 Å². The third-order valence-corrected chi connectivity index (χ3v) is 4.76. The highest BCUT2D eigenvalue weighted by molar-refractivity contribution is 5.94. The summed E-state index contributed by atoms with van der Waals surface area (Å²) >= 11 is 0. The molecule has 1 saturated heterocycles. The van der Waals surface area contributed by atoms with Crippen molar-refractivity contribution in [2.75, 3.05) is 6.54 Å². The molecule has 0 aromatic carbocycles. The molecule has 3 aromatic rings. The van der Waals surface area contributed by atoms with Gasteiger partial charge in [0.1, 0.15) is 0 Å². The van der Waals surface area contributed by atoms with Crippen LogP contribution < -0.4 is 0 Å². The Labute approximate surface area is 152 Å². The van der Waals surface area contributed by atoms with E-state index < -0.39 is 0 Å². The standard InChI is InChI=1S/C20H21N5O/c1-14-12-15(2)25(23-14)19-9-8-16(13-22-19)20(26)24-11-5-7-18(24)17-6-3-4-10-21-17/h3-4,6,8-10,12-13,18H,5,7,11H2,1-2H3. The SMILES string of the molecule is Cc1cc(C)n(-c2ccc(C(=O)N3CCCC3c3ccccn3)cn2)n1. The summed E-state index contributed by atoms with van der Waals surface area (Å²) in [6.07, 6.45) is 5.35. The van der Waals surface area contributed by atoms with E-state index in [4.69, 9.17) is 0 Å². The van der Waals surface area contributed by atoms with Gasteiger partial charge in [0.2, 0.25) is 0 Å². The summed E-state index contributed by atoms with van der Waals surface area (Å²) < 4.78 is 1.79. The number of hydrogen-bond donors (Lipinski definition) is 0. The van der Waals surface area contributed by atoms with Crippen molar-refractivity contribution in [1.82, 2.24) is 24.6 Å². The molecule has 1 amide bonds. The molecule has 0 bridgehead atoms. The van der Waals surface area contributed by atoms with Crippen LogP contribution in [-0.2, 0) is 0 Å². The molecule has 6 heteroatoms. The normalized spacial score (nSPS) is 16.8. The summed E-state index contributed by atoms with van der Waals surface area (Å²) in [5.41, 5.74) is 3.51. The summed E-state index contributed by atoms with van der Waals surface area (Å²) in [5.74, 6) is 0.723. The van der Waals surface area contributed by atoms with Crippen molar-refractivity contribution in [3.05, 3.63) is 71.4 Å². The fourth-order valence-corrected chi connectivity index (χ4v) is 3.55. The van der Waals surface area contributed by atoms with Crippen LogP contribution in [0.3, 0.4) is 0 Å². The summed E-state index contributed by atoms with van der Waals surface area (Å²) in [4.78, 5) is 23.8. The minimum atomic E-state index is 0.00516. The van der Waals surface area contributed by atoms with Crippen LogP contribution >= 0.6 is 0 Å². The first kappa shape index (κ1) is 16.4. The molecule has 1 fully saturated rings. The number of amides is 1. The molecular weight excluding hydrogens is 326 g/mol. The first-order valence-electron chi connectivity index (χ1n) is 8.85. The summed E-state index contributed by atoms with van der Waals surface area (Å²) in [6.45, 7) is 4.69. The topological polar surface area (TPSA) is 63.9 Å². The van der Waals surface area contributed by atoms with Crippen molar-refractivity contribution < 1.29 is 4.79 Å². The van der Waals surface area contributed by atoms with E-state index in [1.807, 2.05) is 55.1 Å². The average Bonchev–Trinajstić information content (AvgIpc) is 3.28. The molecular formula is C20H21N5O. The monoisotopic (exact) mass is 347 g/mol. The molecule has 0 aliphatic carbocycles. The highest BCUT2D eigenvalue weighted by atomic mass is 16.2. The molecule has 132 valence electrons. The van der Waals surface area contributed by atoms with Crippen molar-refractivity contribution in [1.29, 1.82) is 0 Å². The molecule has 26 heavy (non-hydrogen) atoms. The summed E-state index contributed by atoms with van der Waals surface area (Å²) in [5, 5.41) is 4.43. The molecule has 0 N–H and O–H groups in total. The molecule has 6 nitrogen and oxygen atoms in total. The highest BCUT2D eigenvalue weighted by Gasteiger charge is 2.31. The maximum absolute atomic E-state index is 13.0. The van der Waals surface area contributed by atoms with Crippen LogP contribution in [0.25, 0.3) is 5.82 Å². The second-order valence-electron chi connectivity index (χ2n) is 6.66. The molecule has 3 aromatic heterocycles. The second kappa shape index (κ2) is 6.71. The van der Waals surface area contributed by atoms with Gasteiger partial charge in [0.25, 0.3) is 5.91 Å². The van der Waals surface area contributed by atoms with Crippen LogP contribution in [-0.4, -0.2) is 37.1 Å². The molecule has 4 rings (SSSR count). The van der Waals surface area contributed by atoms with E-state index in [1.165, 1.54) is 0 Å². The maximum atomic E-state index is 13.0. The van der Waals surface area contributed by atoms with E-state index in [2.05, 4.69) is 15.1 Å². The van der Waals surface area contributed by atoms with Gasteiger partial charge in [-0.05, 0) is 57.0 Å². The van der Waals surface area contributed by atoms with Crippen molar-refractivity contribution in [3.8, 4) is 5.82 Å². The first-order chi connectivity index (χ1) is 12.6. The van der Waals surface area contributed by atoms with Crippen molar-refractivity contribution >= 4 is 5.91 Å².